The van der Waals surface area contributed by atoms with Gasteiger partial charge in [0.1, 0.15) is 5.75 Å². The minimum Gasteiger partial charge on any atom is -0.454 e. The number of aliphatic hydroxyl groups is 1. The number of anilines is 2. The van der Waals surface area contributed by atoms with Gasteiger partial charge in [-0.25, -0.2) is 9.18 Å². The largest absolute Gasteiger partial charge is 0.454 e. The number of halogens is 1. The summed E-state index contributed by atoms with van der Waals surface area (Å²) in [6.45, 7) is 5.24. The number of benzene rings is 4. The van der Waals surface area contributed by atoms with Gasteiger partial charge in [-0.15, -0.1) is 0 Å². The molecule has 0 saturated carbocycles. The molecule has 0 radical (unpaired) electrons. The maximum Gasteiger partial charge on any atom is 0.319 e. The molecule has 9 nitrogen and oxygen atoms in total. The first kappa shape index (κ1) is 33.7. The Morgan fingerprint density at radius 2 is 1.63 bits per heavy atom. The third-order valence-corrected chi connectivity index (χ3v) is 8.75. The van der Waals surface area contributed by atoms with Gasteiger partial charge in [0.05, 0.1) is 11.6 Å². The fourth-order valence-corrected chi connectivity index (χ4v) is 6.03. The number of amides is 3. The molecule has 1 aromatic heterocycles. The first-order valence-corrected chi connectivity index (χ1v) is 16.9. The Morgan fingerprint density at radius 3 is 2.37 bits per heavy atom. The Bertz CT molecular complexity index is 1880. The van der Waals surface area contributed by atoms with E-state index in [0.29, 0.717) is 29.2 Å². The highest BCUT2D eigenvalue weighted by atomic mass is 19.1. The number of fused-ring (bicyclic) bond motifs is 1. The van der Waals surface area contributed by atoms with Crippen LogP contribution in [-0.2, 0) is 6.54 Å². The van der Waals surface area contributed by atoms with Crippen LogP contribution >= 0.6 is 0 Å². The number of hydrogen-bond acceptors (Lipinski definition) is 5. The van der Waals surface area contributed by atoms with Crippen molar-refractivity contribution in [1.82, 2.24) is 14.8 Å². The lowest BCUT2D eigenvalue weighted by atomic mass is 10.1. The number of para-hydroxylation sites is 1. The molecule has 2 heterocycles. The number of carbonyl (C=O) groups is 2. The number of piperidine rings is 1. The fraction of sp³-hybridized carbons (Fsp3) is 0.282. The van der Waals surface area contributed by atoms with Gasteiger partial charge in [0.25, 0.3) is 5.91 Å². The third kappa shape index (κ3) is 8.65. The van der Waals surface area contributed by atoms with E-state index in [2.05, 4.69) is 56.7 Å². The maximum absolute atomic E-state index is 14.7. The van der Waals surface area contributed by atoms with Crippen LogP contribution in [-0.4, -0.2) is 52.3 Å². The topological polar surface area (TPSA) is 108 Å². The SMILES string of the molecule is CCCCCNC(=O)Nc1ccc(Oc2ccc(NC(=O)c3ccc(-n4cc(CN5CCC(O)CC5)c5ccccc54)cc3)cc2)c(F)c1. The van der Waals surface area contributed by atoms with Crippen molar-refractivity contribution in [2.24, 2.45) is 0 Å². The van der Waals surface area contributed by atoms with Crippen LogP contribution in [0.1, 0.15) is 54.9 Å². The first-order chi connectivity index (χ1) is 23.9. The molecular formula is C39H42FN5O4. The lowest BCUT2D eigenvalue weighted by molar-refractivity contribution is 0.0794. The number of likely N-dealkylation sites (tertiary alicyclic amines) is 1. The second-order valence-corrected chi connectivity index (χ2v) is 12.4. The molecule has 0 bridgehead atoms. The number of aliphatic hydroxyl groups excluding tert-OH is 1. The van der Waals surface area contributed by atoms with E-state index in [9.17, 15) is 19.1 Å². The zero-order valence-electron chi connectivity index (χ0n) is 27.6. The van der Waals surface area contributed by atoms with Crippen LogP contribution in [0, 0.1) is 5.82 Å². The summed E-state index contributed by atoms with van der Waals surface area (Å²) >= 11 is 0. The predicted octanol–water partition coefficient (Wildman–Crippen LogP) is 8.08. The minimum atomic E-state index is -0.614. The van der Waals surface area contributed by atoms with Crippen molar-refractivity contribution in [2.75, 3.05) is 30.3 Å². The smallest absolute Gasteiger partial charge is 0.319 e. The van der Waals surface area contributed by atoms with Crippen molar-refractivity contribution in [1.29, 1.82) is 0 Å². The zero-order valence-corrected chi connectivity index (χ0v) is 27.6. The van der Waals surface area contributed by atoms with Crippen LogP contribution in [0.15, 0.2) is 97.2 Å². The van der Waals surface area contributed by atoms with Gasteiger partial charge in [0, 0.05) is 66.5 Å². The van der Waals surface area contributed by atoms with E-state index in [-0.39, 0.29) is 23.8 Å². The number of nitrogens with one attached hydrogen (secondary N) is 3. The fourth-order valence-electron chi connectivity index (χ4n) is 6.03. The summed E-state index contributed by atoms with van der Waals surface area (Å²) in [6, 6.07) is 26.3. The van der Waals surface area contributed by atoms with Gasteiger partial charge in [0.2, 0.25) is 0 Å². The van der Waals surface area contributed by atoms with Crippen molar-refractivity contribution < 1.29 is 23.8 Å². The summed E-state index contributed by atoms with van der Waals surface area (Å²) in [6.07, 6.45) is 6.55. The Kier molecular flexibility index (Phi) is 10.9. The molecule has 4 aromatic carbocycles. The van der Waals surface area contributed by atoms with Crippen molar-refractivity contribution in [2.45, 2.75) is 51.7 Å². The number of hydrogen-bond donors (Lipinski definition) is 4. The maximum atomic E-state index is 14.7. The summed E-state index contributed by atoms with van der Waals surface area (Å²) in [5.74, 6) is -0.461. The highest BCUT2D eigenvalue weighted by Gasteiger charge is 2.19. The molecule has 1 saturated heterocycles. The second kappa shape index (κ2) is 15.8. The molecule has 1 aliphatic rings. The number of rotatable bonds is 12. The van der Waals surface area contributed by atoms with E-state index in [0.717, 1.165) is 62.9 Å². The molecule has 49 heavy (non-hydrogen) atoms. The average Bonchev–Trinajstić information content (AvgIpc) is 3.48. The Hall–Kier alpha value is -5.19. The lowest BCUT2D eigenvalue weighted by Gasteiger charge is -2.29. The molecule has 0 spiro atoms. The van der Waals surface area contributed by atoms with Gasteiger partial charge in [-0.2, -0.15) is 0 Å². The minimum absolute atomic E-state index is 0.0136. The number of urea groups is 1. The average molecular weight is 664 g/mol. The molecule has 4 N–H and O–H groups in total. The Balaban J connectivity index is 1.05. The van der Waals surface area contributed by atoms with E-state index in [1.165, 1.54) is 23.1 Å². The Morgan fingerprint density at radius 1 is 0.898 bits per heavy atom. The van der Waals surface area contributed by atoms with Gasteiger partial charge in [-0.1, -0.05) is 38.0 Å². The summed E-state index contributed by atoms with van der Waals surface area (Å²) in [4.78, 5) is 27.5. The first-order valence-electron chi connectivity index (χ1n) is 16.9. The standard InChI is InChI=1S/C39H42FN5O4/c1-2-3-6-21-41-39(48)43-30-13-18-37(35(40)24-30)49-33-16-11-29(12-17-33)42-38(47)27-9-14-31(15-10-27)45-26-28(34-7-4-5-8-36(34)45)25-44-22-19-32(46)20-23-44/h4-5,7-18,24,26,32,46H,2-3,6,19-23,25H2,1H3,(H,42,47)(H2,41,43,48). The molecule has 6 rings (SSSR count). The van der Waals surface area contributed by atoms with Crippen LogP contribution in [0.5, 0.6) is 11.5 Å². The molecule has 0 unspecified atom stereocenters. The molecule has 254 valence electrons. The van der Waals surface area contributed by atoms with Gasteiger partial charge in [0.15, 0.2) is 11.6 Å². The number of nitrogens with zero attached hydrogens (tertiary/aromatic N) is 2. The number of unbranched alkanes of at least 4 members (excludes halogenated alkanes) is 2. The summed E-state index contributed by atoms with van der Waals surface area (Å²) in [7, 11) is 0. The number of ether oxygens (including phenoxy) is 1. The van der Waals surface area contributed by atoms with E-state index >= 15 is 0 Å². The molecule has 1 aliphatic heterocycles. The molecule has 3 amide bonds. The number of carbonyl (C=O) groups excluding carboxylic acids is 2. The summed E-state index contributed by atoms with van der Waals surface area (Å²) < 4.78 is 22.6. The van der Waals surface area contributed by atoms with Crippen LogP contribution in [0.2, 0.25) is 0 Å². The van der Waals surface area contributed by atoms with Gasteiger partial charge in [-0.05, 0) is 91.6 Å². The van der Waals surface area contributed by atoms with E-state index < -0.39 is 5.82 Å². The van der Waals surface area contributed by atoms with Crippen molar-refractivity contribution in [3.05, 3.63) is 114 Å². The summed E-state index contributed by atoms with van der Waals surface area (Å²) in [5.41, 5.74) is 4.69. The lowest BCUT2D eigenvalue weighted by Crippen LogP contribution is -2.35. The van der Waals surface area contributed by atoms with E-state index in [1.54, 1.807) is 42.5 Å². The van der Waals surface area contributed by atoms with Crippen LogP contribution in [0.4, 0.5) is 20.6 Å². The number of aromatic nitrogens is 1. The molecular weight excluding hydrogens is 621 g/mol. The van der Waals surface area contributed by atoms with Crippen molar-refractivity contribution in [3.63, 3.8) is 0 Å². The molecule has 0 aliphatic carbocycles. The highest BCUT2D eigenvalue weighted by molar-refractivity contribution is 6.04. The van der Waals surface area contributed by atoms with E-state index in [4.69, 9.17) is 4.74 Å². The molecule has 0 atom stereocenters. The van der Waals surface area contributed by atoms with Crippen molar-refractivity contribution >= 4 is 34.2 Å². The molecule has 10 heteroatoms. The van der Waals surface area contributed by atoms with Crippen LogP contribution < -0.4 is 20.7 Å². The van der Waals surface area contributed by atoms with Crippen LogP contribution in [0.3, 0.4) is 0 Å². The molecule has 5 aromatic rings. The second-order valence-electron chi connectivity index (χ2n) is 12.4. The summed E-state index contributed by atoms with van der Waals surface area (Å²) in [5, 5.41) is 19.4. The van der Waals surface area contributed by atoms with Gasteiger partial charge >= 0.3 is 6.03 Å². The Labute approximate surface area is 285 Å². The van der Waals surface area contributed by atoms with E-state index in [1.807, 2.05) is 18.2 Å². The van der Waals surface area contributed by atoms with Crippen molar-refractivity contribution in [3.8, 4) is 17.2 Å². The highest BCUT2D eigenvalue weighted by Crippen LogP contribution is 2.29. The monoisotopic (exact) mass is 663 g/mol. The van der Waals surface area contributed by atoms with Gasteiger partial charge in [-0.3, -0.25) is 9.69 Å². The predicted molar refractivity (Wildman–Crippen MR) is 191 cm³/mol. The molecule has 1 fully saturated rings. The zero-order chi connectivity index (χ0) is 34.2. The van der Waals surface area contributed by atoms with Gasteiger partial charge < -0.3 is 30.4 Å². The quantitative estimate of drug-likeness (QED) is 0.101. The third-order valence-electron chi connectivity index (χ3n) is 8.75. The normalized spacial score (nSPS) is 13.7. The van der Waals surface area contributed by atoms with Crippen LogP contribution in [0.25, 0.3) is 16.6 Å².